The number of phenolic OH excluding ortho intramolecular Hbond substituents is 1. The second-order valence-corrected chi connectivity index (χ2v) is 9.97. The summed E-state index contributed by atoms with van der Waals surface area (Å²) in [5.41, 5.74) is 4.06. The van der Waals surface area contributed by atoms with E-state index in [1.54, 1.807) is 0 Å². The molecule has 1 aromatic rings. The molecule has 24 heavy (non-hydrogen) atoms. The maximum absolute atomic E-state index is 10.7. The van der Waals surface area contributed by atoms with E-state index in [9.17, 15) is 10.2 Å². The Hall–Kier alpha value is -1.02. The minimum Gasteiger partial charge on any atom is -0.508 e. The predicted octanol–water partition coefficient (Wildman–Crippen LogP) is 4.73. The van der Waals surface area contributed by atoms with Gasteiger partial charge in [-0.3, -0.25) is 0 Å². The van der Waals surface area contributed by atoms with Gasteiger partial charge in [0.1, 0.15) is 5.75 Å². The Balaban J connectivity index is 1.83. The highest BCUT2D eigenvalue weighted by molar-refractivity contribution is 5.52. The van der Waals surface area contributed by atoms with E-state index in [2.05, 4.69) is 40.7 Å². The number of phenols is 1. The number of aliphatic hydroxyl groups is 1. The Bertz CT molecular complexity index is 691. The van der Waals surface area contributed by atoms with E-state index in [-0.39, 0.29) is 22.3 Å². The van der Waals surface area contributed by atoms with Crippen molar-refractivity contribution in [3.8, 4) is 5.75 Å². The molecule has 2 heteroatoms. The fraction of sp³-hybridized carbons (Fsp3) is 0.727. The van der Waals surface area contributed by atoms with E-state index >= 15 is 0 Å². The van der Waals surface area contributed by atoms with Gasteiger partial charge in [-0.05, 0) is 78.9 Å². The van der Waals surface area contributed by atoms with E-state index in [4.69, 9.17) is 0 Å². The van der Waals surface area contributed by atoms with Crippen LogP contribution in [0.2, 0.25) is 0 Å². The number of aromatic hydroxyl groups is 1. The van der Waals surface area contributed by atoms with Crippen molar-refractivity contribution in [3.63, 3.8) is 0 Å². The number of aliphatic hydroxyl groups excluding tert-OH is 1. The molecular weight excluding hydrogens is 296 g/mol. The number of rotatable bonds is 0. The Morgan fingerprint density at radius 3 is 2.42 bits per heavy atom. The monoisotopic (exact) mass is 328 g/mol. The molecule has 3 aliphatic carbocycles. The van der Waals surface area contributed by atoms with Gasteiger partial charge >= 0.3 is 0 Å². The van der Waals surface area contributed by atoms with Crippen molar-refractivity contribution in [1.82, 2.24) is 0 Å². The van der Waals surface area contributed by atoms with Crippen LogP contribution < -0.4 is 0 Å². The lowest BCUT2D eigenvalue weighted by atomic mass is 9.43. The predicted molar refractivity (Wildman–Crippen MR) is 97.2 cm³/mol. The van der Waals surface area contributed by atoms with Crippen LogP contribution in [0.5, 0.6) is 5.75 Å². The van der Waals surface area contributed by atoms with Gasteiger partial charge in [0.2, 0.25) is 0 Å². The lowest BCUT2D eigenvalue weighted by molar-refractivity contribution is -0.151. The Kier molecular flexibility index (Phi) is 3.28. The third-order valence-corrected chi connectivity index (χ3v) is 8.37. The molecule has 0 spiro atoms. The molecule has 1 aromatic carbocycles. The molecular formula is C22H32O2. The van der Waals surface area contributed by atoms with Crippen LogP contribution in [-0.4, -0.2) is 16.3 Å². The molecule has 0 radical (unpaired) electrons. The average molecular weight is 328 g/mol. The number of benzene rings is 1. The normalized spacial score (nSPS) is 43.0. The van der Waals surface area contributed by atoms with E-state index in [0.717, 1.165) is 37.7 Å². The van der Waals surface area contributed by atoms with E-state index in [1.807, 2.05) is 6.07 Å². The Labute approximate surface area is 146 Å². The number of fused-ring (bicyclic) bond motifs is 5. The summed E-state index contributed by atoms with van der Waals surface area (Å²) in [7, 11) is 0. The van der Waals surface area contributed by atoms with Crippen LogP contribution in [0.4, 0.5) is 0 Å². The quantitative estimate of drug-likeness (QED) is 0.723. The van der Waals surface area contributed by atoms with Gasteiger partial charge in [-0.1, -0.05) is 33.8 Å². The molecule has 5 atom stereocenters. The number of hydrogen-bond donors (Lipinski definition) is 2. The summed E-state index contributed by atoms with van der Waals surface area (Å²) in [5, 5.41) is 21.3. The van der Waals surface area contributed by atoms with E-state index in [0.29, 0.717) is 17.6 Å². The Morgan fingerprint density at radius 2 is 1.71 bits per heavy atom. The van der Waals surface area contributed by atoms with Gasteiger partial charge in [-0.2, -0.15) is 0 Å². The molecule has 2 fully saturated rings. The lowest BCUT2D eigenvalue weighted by Crippen LogP contribution is -2.58. The average Bonchev–Trinajstić information content (AvgIpc) is 2.77. The molecule has 2 nitrogen and oxygen atoms in total. The summed E-state index contributed by atoms with van der Waals surface area (Å²) < 4.78 is 0. The molecule has 0 aromatic heterocycles. The van der Waals surface area contributed by atoms with Gasteiger partial charge < -0.3 is 10.2 Å². The van der Waals surface area contributed by atoms with Crippen molar-refractivity contribution in [2.75, 3.05) is 0 Å². The largest absolute Gasteiger partial charge is 0.508 e. The molecule has 0 amide bonds. The molecule has 0 unspecified atom stereocenters. The zero-order valence-electron chi connectivity index (χ0n) is 15.8. The highest BCUT2D eigenvalue weighted by Crippen LogP contribution is 2.68. The topological polar surface area (TPSA) is 40.5 Å². The molecule has 3 aliphatic rings. The molecule has 0 heterocycles. The van der Waals surface area contributed by atoms with E-state index in [1.165, 1.54) is 11.1 Å². The fourth-order valence-electron chi connectivity index (χ4n) is 7.18. The second kappa shape index (κ2) is 4.78. The molecule has 0 aliphatic heterocycles. The molecule has 0 saturated heterocycles. The molecule has 2 saturated carbocycles. The van der Waals surface area contributed by atoms with Gasteiger partial charge in [0.15, 0.2) is 0 Å². The van der Waals surface area contributed by atoms with E-state index < -0.39 is 0 Å². The smallest absolute Gasteiger partial charge is 0.119 e. The number of hydrogen-bond acceptors (Lipinski definition) is 2. The summed E-state index contributed by atoms with van der Waals surface area (Å²) in [4.78, 5) is 0. The van der Waals surface area contributed by atoms with Gasteiger partial charge in [-0.25, -0.2) is 0 Å². The van der Waals surface area contributed by atoms with Crippen LogP contribution in [-0.2, 0) is 11.8 Å². The first-order valence-electron chi connectivity index (χ1n) is 9.62. The van der Waals surface area contributed by atoms with Crippen molar-refractivity contribution in [2.24, 2.45) is 22.7 Å². The maximum atomic E-state index is 10.7. The van der Waals surface area contributed by atoms with Gasteiger partial charge in [0.05, 0.1) is 6.10 Å². The van der Waals surface area contributed by atoms with Crippen LogP contribution in [0, 0.1) is 29.6 Å². The first kappa shape index (κ1) is 16.4. The number of aryl methyl sites for hydroxylation is 1. The minimum atomic E-state index is -0.181. The van der Waals surface area contributed by atoms with Crippen LogP contribution in [0.25, 0.3) is 0 Å². The molecule has 132 valence electrons. The summed E-state index contributed by atoms with van der Waals surface area (Å²) in [5.74, 6) is 1.63. The van der Waals surface area contributed by atoms with Crippen LogP contribution in [0.3, 0.4) is 0 Å². The molecule has 2 N–H and O–H groups in total. The highest BCUT2D eigenvalue weighted by atomic mass is 16.3. The summed E-state index contributed by atoms with van der Waals surface area (Å²) in [6.07, 6.45) is 5.20. The molecule has 4 rings (SSSR count). The maximum Gasteiger partial charge on any atom is 0.119 e. The Morgan fingerprint density at radius 1 is 1.00 bits per heavy atom. The summed E-state index contributed by atoms with van der Waals surface area (Å²) >= 11 is 0. The van der Waals surface area contributed by atoms with Crippen molar-refractivity contribution >= 4 is 0 Å². The highest BCUT2D eigenvalue weighted by Gasteiger charge is 2.63. The van der Waals surface area contributed by atoms with Crippen molar-refractivity contribution in [1.29, 1.82) is 0 Å². The zero-order valence-corrected chi connectivity index (χ0v) is 15.8. The summed E-state index contributed by atoms with van der Waals surface area (Å²) in [6.45, 7) is 11.5. The van der Waals surface area contributed by atoms with Gasteiger partial charge in [0, 0.05) is 11.0 Å². The van der Waals surface area contributed by atoms with Crippen LogP contribution >= 0.6 is 0 Å². The SMILES string of the molecule is Cc1cc(O)c2c(c1)C[C@H]1[C@]3(C)CC[C@@H](O)C(C)(C)[C@H]3CC[C@]21C. The van der Waals surface area contributed by atoms with Gasteiger partial charge in [0.25, 0.3) is 0 Å². The third kappa shape index (κ3) is 1.87. The minimum absolute atomic E-state index is 0.0128. The van der Waals surface area contributed by atoms with Crippen LogP contribution in [0.15, 0.2) is 12.1 Å². The second-order valence-electron chi connectivity index (χ2n) is 9.97. The van der Waals surface area contributed by atoms with Crippen LogP contribution in [0.1, 0.15) is 70.1 Å². The first-order valence-corrected chi connectivity index (χ1v) is 9.62. The zero-order chi connectivity index (χ0) is 17.5. The van der Waals surface area contributed by atoms with Crippen molar-refractivity contribution < 1.29 is 10.2 Å². The standard InChI is InChI=1S/C22H32O2/c1-13-10-14-12-17-21(4)9-7-18(24)20(2,3)16(21)6-8-22(17,5)19(14)15(23)11-13/h10-11,16-18,23-24H,6-9,12H2,1-5H3/t16-,17+,18-,21-,22+/m1/s1. The molecule has 0 bridgehead atoms. The van der Waals surface area contributed by atoms with Crippen molar-refractivity contribution in [3.05, 3.63) is 28.8 Å². The fourth-order valence-corrected chi connectivity index (χ4v) is 7.18. The lowest BCUT2D eigenvalue weighted by Gasteiger charge is -2.62. The van der Waals surface area contributed by atoms with Crippen molar-refractivity contribution in [2.45, 2.75) is 78.2 Å². The summed E-state index contributed by atoms with van der Waals surface area (Å²) in [6, 6.07) is 4.23. The van der Waals surface area contributed by atoms with Gasteiger partial charge in [-0.15, -0.1) is 0 Å². The third-order valence-electron chi connectivity index (χ3n) is 8.37. The first-order chi connectivity index (χ1) is 11.1.